The van der Waals surface area contributed by atoms with Crippen molar-refractivity contribution in [3.8, 4) is 0 Å². The van der Waals surface area contributed by atoms with Crippen molar-refractivity contribution in [1.29, 1.82) is 0 Å². The van der Waals surface area contributed by atoms with Crippen molar-refractivity contribution in [1.82, 2.24) is 0 Å². The molecule has 1 aromatic rings. The molecule has 4 atom stereocenters. The number of rotatable bonds is 1. The van der Waals surface area contributed by atoms with Crippen molar-refractivity contribution in [3.05, 3.63) is 23.7 Å². The molecular weight excluding hydrogens is 228 g/mol. The molecule has 1 N–H and O–H groups in total. The van der Waals surface area contributed by atoms with E-state index in [1.165, 1.54) is 17.5 Å². The summed E-state index contributed by atoms with van der Waals surface area (Å²) in [6.45, 7) is 4.80. The van der Waals surface area contributed by atoms with Crippen LogP contribution in [0.1, 0.15) is 43.9 Å². The summed E-state index contributed by atoms with van der Waals surface area (Å²) in [4.78, 5) is 0. The maximum atomic E-state index is 9.89. The van der Waals surface area contributed by atoms with E-state index in [4.69, 9.17) is 9.15 Å². The summed E-state index contributed by atoms with van der Waals surface area (Å²) >= 11 is 0. The number of fused-ring (bicyclic) bond motifs is 7. The SMILES string of the molecule is CC1(C)C[C@@H]2[C@@H]3O[C@](CO)(Cc4cocc43)[C@@H]2C1. The molecule has 0 aromatic carbocycles. The molecule has 3 heteroatoms. The van der Waals surface area contributed by atoms with E-state index in [2.05, 4.69) is 13.8 Å². The molecule has 2 fully saturated rings. The molecule has 3 heterocycles. The van der Waals surface area contributed by atoms with Crippen LogP contribution < -0.4 is 0 Å². The average molecular weight is 248 g/mol. The number of hydrogen-bond acceptors (Lipinski definition) is 3. The van der Waals surface area contributed by atoms with Crippen LogP contribution in [0.2, 0.25) is 0 Å². The Hall–Kier alpha value is -0.800. The average Bonchev–Trinajstić information content (AvgIpc) is 2.95. The third-order valence-corrected chi connectivity index (χ3v) is 5.34. The van der Waals surface area contributed by atoms with Crippen molar-refractivity contribution < 1.29 is 14.3 Å². The molecular formula is C15H20O3. The largest absolute Gasteiger partial charge is 0.472 e. The van der Waals surface area contributed by atoms with Crippen LogP contribution in [0.4, 0.5) is 0 Å². The molecule has 1 saturated carbocycles. The fourth-order valence-corrected chi connectivity index (χ4v) is 4.66. The molecule has 0 unspecified atom stereocenters. The van der Waals surface area contributed by atoms with Gasteiger partial charge in [0.25, 0.3) is 0 Å². The molecule has 2 aliphatic heterocycles. The second-order valence-corrected chi connectivity index (χ2v) is 7.13. The number of aliphatic hydroxyl groups excluding tert-OH is 1. The minimum Gasteiger partial charge on any atom is -0.472 e. The van der Waals surface area contributed by atoms with Crippen molar-refractivity contribution in [2.45, 2.75) is 44.8 Å². The van der Waals surface area contributed by atoms with Gasteiger partial charge in [0.2, 0.25) is 0 Å². The maximum Gasteiger partial charge on any atom is 0.0993 e. The molecule has 98 valence electrons. The zero-order chi connectivity index (χ0) is 12.5. The number of hydrogen-bond donors (Lipinski definition) is 1. The summed E-state index contributed by atoms with van der Waals surface area (Å²) in [6.07, 6.45) is 6.98. The van der Waals surface area contributed by atoms with Crippen LogP contribution in [0.3, 0.4) is 0 Å². The Morgan fingerprint density at radius 1 is 1.33 bits per heavy atom. The first-order valence-corrected chi connectivity index (χ1v) is 6.88. The van der Waals surface area contributed by atoms with E-state index in [1.807, 2.05) is 12.5 Å². The Kier molecular flexibility index (Phi) is 1.97. The van der Waals surface area contributed by atoms with Gasteiger partial charge < -0.3 is 14.3 Å². The first-order valence-electron chi connectivity index (χ1n) is 6.88. The molecule has 3 aliphatic rings. The minimum atomic E-state index is -0.347. The number of aliphatic hydroxyl groups is 1. The lowest BCUT2D eigenvalue weighted by Crippen LogP contribution is -2.43. The third-order valence-electron chi connectivity index (χ3n) is 5.34. The first kappa shape index (κ1) is 11.1. The summed E-state index contributed by atoms with van der Waals surface area (Å²) in [5, 5.41) is 9.89. The molecule has 18 heavy (non-hydrogen) atoms. The standard InChI is InChI=1S/C15H20O3/c1-14(2)4-10-12(5-14)15(8-16)3-9-6-17-7-11(9)13(10)18-15/h6-7,10,12-13,16H,3-5,8H2,1-2H3/t10-,12+,13-,15-/m0/s1. The lowest BCUT2D eigenvalue weighted by atomic mass is 9.79. The highest BCUT2D eigenvalue weighted by atomic mass is 16.5. The Balaban J connectivity index is 1.82. The van der Waals surface area contributed by atoms with E-state index >= 15 is 0 Å². The highest BCUT2D eigenvalue weighted by molar-refractivity contribution is 5.34. The van der Waals surface area contributed by atoms with Gasteiger partial charge in [-0.3, -0.25) is 0 Å². The van der Waals surface area contributed by atoms with E-state index in [0.29, 0.717) is 17.3 Å². The van der Waals surface area contributed by atoms with E-state index < -0.39 is 0 Å². The molecule has 1 saturated heterocycles. The molecule has 1 aliphatic carbocycles. The van der Waals surface area contributed by atoms with Crippen LogP contribution in [-0.2, 0) is 11.2 Å². The molecule has 3 nitrogen and oxygen atoms in total. The van der Waals surface area contributed by atoms with Crippen molar-refractivity contribution in [2.75, 3.05) is 6.61 Å². The smallest absolute Gasteiger partial charge is 0.0993 e. The molecule has 0 amide bonds. The van der Waals surface area contributed by atoms with E-state index in [0.717, 1.165) is 12.8 Å². The second-order valence-electron chi connectivity index (χ2n) is 7.13. The van der Waals surface area contributed by atoms with E-state index in [1.54, 1.807) is 0 Å². The van der Waals surface area contributed by atoms with Crippen molar-refractivity contribution in [3.63, 3.8) is 0 Å². The van der Waals surface area contributed by atoms with Gasteiger partial charge in [-0.2, -0.15) is 0 Å². The summed E-state index contributed by atoms with van der Waals surface area (Å²) in [5.41, 5.74) is 2.50. The highest BCUT2D eigenvalue weighted by Gasteiger charge is 2.62. The maximum absolute atomic E-state index is 9.89. The predicted molar refractivity (Wildman–Crippen MR) is 66.0 cm³/mol. The van der Waals surface area contributed by atoms with Gasteiger partial charge in [-0.25, -0.2) is 0 Å². The minimum absolute atomic E-state index is 0.130. The highest BCUT2D eigenvalue weighted by Crippen LogP contribution is 2.64. The summed E-state index contributed by atoms with van der Waals surface area (Å²) in [7, 11) is 0. The normalized spacial score (nSPS) is 43.8. The Bertz CT molecular complexity index is 490. The topological polar surface area (TPSA) is 42.6 Å². The zero-order valence-corrected chi connectivity index (χ0v) is 11.0. The lowest BCUT2D eigenvalue weighted by molar-refractivity contribution is -0.108. The zero-order valence-electron chi connectivity index (χ0n) is 11.0. The number of furan rings is 1. The fraction of sp³-hybridized carbons (Fsp3) is 0.733. The second kappa shape index (κ2) is 3.20. The molecule has 0 spiro atoms. The van der Waals surface area contributed by atoms with Gasteiger partial charge in [0.05, 0.1) is 30.8 Å². The predicted octanol–water partition coefficient (Wildman–Crippen LogP) is 2.69. The van der Waals surface area contributed by atoms with Gasteiger partial charge >= 0.3 is 0 Å². The Morgan fingerprint density at radius 2 is 2.17 bits per heavy atom. The quantitative estimate of drug-likeness (QED) is 0.831. The monoisotopic (exact) mass is 248 g/mol. The van der Waals surface area contributed by atoms with Crippen molar-refractivity contribution in [2.24, 2.45) is 17.3 Å². The third kappa shape index (κ3) is 1.22. The van der Waals surface area contributed by atoms with Crippen LogP contribution in [0, 0.1) is 17.3 Å². The Labute approximate surface area is 107 Å². The van der Waals surface area contributed by atoms with Gasteiger partial charge in [-0.05, 0) is 35.7 Å². The van der Waals surface area contributed by atoms with E-state index in [9.17, 15) is 5.11 Å². The fourth-order valence-electron chi connectivity index (χ4n) is 4.66. The molecule has 1 aromatic heterocycles. The van der Waals surface area contributed by atoms with Gasteiger partial charge in [0, 0.05) is 12.0 Å². The molecule has 2 bridgehead atoms. The van der Waals surface area contributed by atoms with Crippen LogP contribution in [0.15, 0.2) is 16.9 Å². The number of ether oxygens (including phenoxy) is 1. The first-order chi connectivity index (χ1) is 8.55. The summed E-state index contributed by atoms with van der Waals surface area (Å²) in [5.74, 6) is 1.04. The van der Waals surface area contributed by atoms with Gasteiger partial charge in [-0.1, -0.05) is 13.8 Å². The van der Waals surface area contributed by atoms with E-state index in [-0.39, 0.29) is 18.3 Å². The summed E-state index contributed by atoms with van der Waals surface area (Å²) < 4.78 is 11.6. The van der Waals surface area contributed by atoms with Crippen molar-refractivity contribution >= 4 is 0 Å². The van der Waals surface area contributed by atoms with Crippen LogP contribution >= 0.6 is 0 Å². The molecule has 4 rings (SSSR count). The Morgan fingerprint density at radius 3 is 2.94 bits per heavy atom. The molecule has 0 radical (unpaired) electrons. The lowest BCUT2D eigenvalue weighted by Gasteiger charge is -2.36. The van der Waals surface area contributed by atoms with Crippen LogP contribution in [0.25, 0.3) is 0 Å². The summed E-state index contributed by atoms with van der Waals surface area (Å²) in [6, 6.07) is 0. The van der Waals surface area contributed by atoms with Crippen LogP contribution in [0.5, 0.6) is 0 Å². The van der Waals surface area contributed by atoms with Crippen LogP contribution in [-0.4, -0.2) is 17.3 Å². The van der Waals surface area contributed by atoms with Gasteiger partial charge in [0.1, 0.15) is 0 Å². The van der Waals surface area contributed by atoms with Gasteiger partial charge in [-0.15, -0.1) is 0 Å². The van der Waals surface area contributed by atoms with Gasteiger partial charge in [0.15, 0.2) is 0 Å².